The van der Waals surface area contributed by atoms with Crippen LogP contribution >= 0.6 is 0 Å². The molecule has 3 rings (SSSR count). The standard InChI is InChI=1S/C8H10N4O2.C6H5NO2/c1-10-4-9-6-5(10)7(13)12(3)8(14)11(6)2;8-6(9)5-2-1-3-7-4-5/h4H,1-3H3;1-4H,(H,8,9). The van der Waals surface area contributed by atoms with Gasteiger partial charge in [0, 0.05) is 33.5 Å². The second kappa shape index (κ2) is 6.26. The molecule has 0 amide bonds. The molecule has 0 spiro atoms. The van der Waals surface area contributed by atoms with E-state index in [9.17, 15) is 14.4 Å². The van der Waals surface area contributed by atoms with Crippen LogP contribution in [0.25, 0.3) is 11.2 Å². The number of carboxylic acids is 1. The van der Waals surface area contributed by atoms with Crippen molar-refractivity contribution in [3.05, 3.63) is 57.3 Å². The van der Waals surface area contributed by atoms with Crippen molar-refractivity contribution in [1.29, 1.82) is 0 Å². The molecule has 0 aliphatic rings. The third-order valence-electron chi connectivity index (χ3n) is 3.23. The zero-order valence-corrected chi connectivity index (χ0v) is 12.8. The summed E-state index contributed by atoms with van der Waals surface area (Å²) in [7, 11) is 4.77. The number of fused-ring (bicyclic) bond motifs is 1. The Morgan fingerprint density at radius 1 is 1.17 bits per heavy atom. The maximum Gasteiger partial charge on any atom is 0.337 e. The van der Waals surface area contributed by atoms with Crippen LogP contribution in [0.15, 0.2) is 40.4 Å². The van der Waals surface area contributed by atoms with Crippen LogP contribution in [-0.2, 0) is 21.1 Å². The average molecular weight is 317 g/mol. The molecule has 0 aliphatic heterocycles. The van der Waals surface area contributed by atoms with Gasteiger partial charge in [-0.05, 0) is 12.1 Å². The molecule has 9 nitrogen and oxygen atoms in total. The number of hydrogen-bond acceptors (Lipinski definition) is 5. The number of carbonyl (C=O) groups is 1. The number of aromatic nitrogens is 5. The lowest BCUT2D eigenvalue weighted by molar-refractivity contribution is 0.0696. The second-order valence-corrected chi connectivity index (χ2v) is 4.78. The van der Waals surface area contributed by atoms with Crippen LogP contribution in [0.2, 0.25) is 0 Å². The molecule has 3 aromatic rings. The lowest BCUT2D eigenvalue weighted by atomic mass is 10.3. The van der Waals surface area contributed by atoms with Crippen molar-refractivity contribution in [3.63, 3.8) is 0 Å². The Morgan fingerprint density at radius 2 is 1.87 bits per heavy atom. The van der Waals surface area contributed by atoms with Crippen molar-refractivity contribution in [2.24, 2.45) is 21.1 Å². The Balaban J connectivity index is 0.000000185. The normalized spacial score (nSPS) is 10.2. The van der Waals surface area contributed by atoms with Crippen LogP contribution in [0.3, 0.4) is 0 Å². The number of pyridine rings is 1. The summed E-state index contributed by atoms with van der Waals surface area (Å²) in [6.07, 6.45) is 4.36. The maximum absolute atomic E-state index is 11.7. The fraction of sp³-hybridized carbons (Fsp3) is 0.214. The number of aryl methyl sites for hydroxylation is 2. The number of nitrogens with zero attached hydrogens (tertiary/aromatic N) is 5. The van der Waals surface area contributed by atoms with Gasteiger partial charge in [0.25, 0.3) is 5.56 Å². The number of rotatable bonds is 1. The Labute approximate surface area is 130 Å². The highest BCUT2D eigenvalue weighted by Gasteiger charge is 2.11. The summed E-state index contributed by atoms with van der Waals surface area (Å²) in [6.45, 7) is 0. The monoisotopic (exact) mass is 317 g/mol. The second-order valence-electron chi connectivity index (χ2n) is 4.78. The Hall–Kier alpha value is -3.23. The number of carboxylic acid groups (broad SMARTS) is 1. The highest BCUT2D eigenvalue weighted by atomic mass is 16.4. The topological polar surface area (TPSA) is 112 Å². The van der Waals surface area contributed by atoms with E-state index in [2.05, 4.69) is 9.97 Å². The van der Waals surface area contributed by atoms with E-state index in [1.807, 2.05) is 0 Å². The Bertz CT molecular complexity index is 968. The highest BCUT2D eigenvalue weighted by molar-refractivity contribution is 5.86. The predicted octanol–water partition coefficient (Wildman–Crippen LogP) is -0.249. The van der Waals surface area contributed by atoms with E-state index in [4.69, 9.17) is 5.11 Å². The first-order valence-corrected chi connectivity index (χ1v) is 6.55. The third-order valence-corrected chi connectivity index (χ3v) is 3.23. The molecule has 0 saturated heterocycles. The van der Waals surface area contributed by atoms with Crippen LogP contribution in [0.5, 0.6) is 0 Å². The average Bonchev–Trinajstić information content (AvgIpc) is 2.94. The summed E-state index contributed by atoms with van der Waals surface area (Å²) in [5.41, 5.74) is 0.400. The molecule has 0 saturated carbocycles. The molecule has 3 heterocycles. The van der Waals surface area contributed by atoms with Crippen LogP contribution in [0.1, 0.15) is 10.4 Å². The maximum atomic E-state index is 11.7. The quantitative estimate of drug-likeness (QED) is 0.662. The van der Waals surface area contributed by atoms with Crippen LogP contribution in [0.4, 0.5) is 0 Å². The number of aromatic carboxylic acids is 1. The smallest absolute Gasteiger partial charge is 0.337 e. The van der Waals surface area contributed by atoms with Gasteiger partial charge in [0.1, 0.15) is 0 Å². The molecule has 0 radical (unpaired) electrons. The van der Waals surface area contributed by atoms with E-state index in [0.717, 1.165) is 4.57 Å². The fourth-order valence-electron chi connectivity index (χ4n) is 1.96. The minimum Gasteiger partial charge on any atom is -0.478 e. The van der Waals surface area contributed by atoms with Gasteiger partial charge in [-0.3, -0.25) is 18.9 Å². The van der Waals surface area contributed by atoms with Gasteiger partial charge in [0.05, 0.1) is 11.9 Å². The van der Waals surface area contributed by atoms with Crippen molar-refractivity contribution in [2.45, 2.75) is 0 Å². The first-order chi connectivity index (χ1) is 10.8. The van der Waals surface area contributed by atoms with Gasteiger partial charge >= 0.3 is 11.7 Å². The molecular formula is C14H15N5O4. The van der Waals surface area contributed by atoms with Gasteiger partial charge < -0.3 is 9.67 Å². The van der Waals surface area contributed by atoms with Crippen LogP contribution < -0.4 is 11.2 Å². The molecule has 0 fully saturated rings. The molecule has 0 atom stereocenters. The predicted molar refractivity (Wildman–Crippen MR) is 82.4 cm³/mol. The van der Waals surface area contributed by atoms with Crippen LogP contribution in [-0.4, -0.2) is 34.7 Å². The van der Waals surface area contributed by atoms with E-state index < -0.39 is 5.97 Å². The molecule has 1 N–H and O–H groups in total. The van der Waals surface area contributed by atoms with E-state index in [1.165, 1.54) is 36.4 Å². The summed E-state index contributed by atoms with van der Waals surface area (Å²) in [4.78, 5) is 40.9. The summed E-state index contributed by atoms with van der Waals surface area (Å²) in [5, 5.41) is 8.34. The fourth-order valence-corrected chi connectivity index (χ4v) is 1.96. The van der Waals surface area contributed by atoms with Gasteiger partial charge in [0.2, 0.25) is 0 Å². The molecule has 9 heteroatoms. The summed E-state index contributed by atoms with van der Waals surface area (Å²) in [5.74, 6) is -0.942. The van der Waals surface area contributed by atoms with Crippen molar-refractivity contribution < 1.29 is 9.90 Å². The number of imidazole rings is 1. The van der Waals surface area contributed by atoms with E-state index in [0.29, 0.717) is 11.2 Å². The molecule has 0 aromatic carbocycles. The van der Waals surface area contributed by atoms with E-state index >= 15 is 0 Å². The van der Waals surface area contributed by atoms with Crippen LogP contribution in [0, 0.1) is 0 Å². The van der Waals surface area contributed by atoms with Gasteiger partial charge in [-0.1, -0.05) is 0 Å². The zero-order chi connectivity index (χ0) is 17.1. The van der Waals surface area contributed by atoms with E-state index in [-0.39, 0.29) is 16.8 Å². The highest BCUT2D eigenvalue weighted by Crippen LogP contribution is 2.01. The molecule has 23 heavy (non-hydrogen) atoms. The molecule has 120 valence electrons. The van der Waals surface area contributed by atoms with Gasteiger partial charge in [-0.25, -0.2) is 14.6 Å². The van der Waals surface area contributed by atoms with E-state index in [1.54, 1.807) is 24.7 Å². The molecular weight excluding hydrogens is 302 g/mol. The summed E-state index contributed by atoms with van der Waals surface area (Å²) in [6, 6.07) is 3.08. The van der Waals surface area contributed by atoms with Crippen molar-refractivity contribution in [1.82, 2.24) is 23.7 Å². The molecule has 3 aromatic heterocycles. The Morgan fingerprint density at radius 3 is 2.39 bits per heavy atom. The number of hydrogen-bond donors (Lipinski definition) is 1. The zero-order valence-electron chi connectivity index (χ0n) is 12.8. The first kappa shape index (κ1) is 16.1. The molecule has 0 bridgehead atoms. The summed E-state index contributed by atoms with van der Waals surface area (Å²) >= 11 is 0. The minimum absolute atomic E-state index is 0.220. The van der Waals surface area contributed by atoms with Crippen molar-refractivity contribution >= 4 is 17.1 Å². The van der Waals surface area contributed by atoms with Crippen molar-refractivity contribution in [3.8, 4) is 0 Å². The Kier molecular flexibility index (Phi) is 4.39. The molecule has 0 unspecified atom stereocenters. The first-order valence-electron chi connectivity index (χ1n) is 6.55. The summed E-state index contributed by atoms with van der Waals surface area (Å²) < 4.78 is 4.04. The third kappa shape index (κ3) is 3.03. The lowest BCUT2D eigenvalue weighted by Crippen LogP contribution is -2.37. The van der Waals surface area contributed by atoms with Gasteiger partial charge in [-0.2, -0.15) is 0 Å². The molecule has 0 aliphatic carbocycles. The SMILES string of the molecule is Cn1c(=O)c2c(ncn2C)n(C)c1=O.O=C(O)c1cccnc1. The van der Waals surface area contributed by atoms with Crippen molar-refractivity contribution in [2.75, 3.05) is 0 Å². The van der Waals surface area contributed by atoms with Gasteiger partial charge in [0.15, 0.2) is 11.2 Å². The van der Waals surface area contributed by atoms with Gasteiger partial charge in [-0.15, -0.1) is 0 Å². The minimum atomic E-state index is -0.942. The lowest BCUT2D eigenvalue weighted by Gasteiger charge is -2.02. The largest absolute Gasteiger partial charge is 0.478 e.